The first-order valence-electron chi connectivity index (χ1n) is 5.90. The van der Waals surface area contributed by atoms with Gasteiger partial charge in [-0.25, -0.2) is 4.98 Å². The number of fused-ring (bicyclic) bond motifs is 1. The lowest BCUT2D eigenvalue weighted by Crippen LogP contribution is -2.51. The summed E-state index contributed by atoms with van der Waals surface area (Å²) in [7, 11) is 0. The zero-order valence-corrected chi connectivity index (χ0v) is 9.78. The van der Waals surface area contributed by atoms with E-state index in [1.54, 1.807) is 4.90 Å². The Hall–Kier alpha value is -2.01. The molecule has 1 aliphatic rings. The average molecular weight is 243 g/mol. The van der Waals surface area contributed by atoms with Crippen molar-refractivity contribution in [3.8, 4) is 0 Å². The maximum atomic E-state index is 12.1. The number of aliphatic hydroxyl groups is 1. The highest BCUT2D eigenvalue weighted by atomic mass is 16.3. The summed E-state index contributed by atoms with van der Waals surface area (Å²) in [6.45, 7) is 1.33. The Morgan fingerprint density at radius 3 is 2.78 bits per heavy atom. The van der Waals surface area contributed by atoms with Crippen LogP contribution in [0, 0.1) is 5.92 Å². The molecule has 1 aliphatic heterocycles. The van der Waals surface area contributed by atoms with E-state index in [1.165, 1.54) is 6.20 Å². The summed E-state index contributed by atoms with van der Waals surface area (Å²) in [5.41, 5.74) is 1.87. The first-order chi connectivity index (χ1) is 8.78. The first-order valence-corrected chi connectivity index (χ1v) is 5.90. The molecule has 0 bridgehead atoms. The predicted octanol–water partition coefficient (Wildman–Crippen LogP) is 0.694. The van der Waals surface area contributed by atoms with Gasteiger partial charge in [-0.05, 0) is 12.1 Å². The topological polar surface area (TPSA) is 66.3 Å². The summed E-state index contributed by atoms with van der Waals surface area (Å²) in [4.78, 5) is 22.3. The molecule has 1 amide bonds. The van der Waals surface area contributed by atoms with Crippen LogP contribution in [0.15, 0.2) is 30.5 Å². The number of hydrogen-bond donors (Lipinski definition) is 1. The van der Waals surface area contributed by atoms with E-state index in [2.05, 4.69) is 9.97 Å². The monoisotopic (exact) mass is 243 g/mol. The summed E-state index contributed by atoms with van der Waals surface area (Å²) in [6.07, 6.45) is 1.51. The summed E-state index contributed by atoms with van der Waals surface area (Å²) < 4.78 is 0. The highest BCUT2D eigenvalue weighted by Crippen LogP contribution is 2.18. The molecule has 1 aromatic carbocycles. The van der Waals surface area contributed by atoms with Crippen LogP contribution in [0.5, 0.6) is 0 Å². The Balaban J connectivity index is 1.84. The van der Waals surface area contributed by atoms with Crippen LogP contribution in [0.4, 0.5) is 0 Å². The molecule has 18 heavy (non-hydrogen) atoms. The largest absolute Gasteiger partial charge is 0.396 e. The van der Waals surface area contributed by atoms with E-state index in [0.717, 1.165) is 11.0 Å². The van der Waals surface area contributed by atoms with Gasteiger partial charge in [0.1, 0.15) is 5.69 Å². The minimum absolute atomic E-state index is 0.113. The Morgan fingerprint density at radius 2 is 2.06 bits per heavy atom. The number of aromatic nitrogens is 2. The third-order valence-corrected chi connectivity index (χ3v) is 3.17. The molecule has 5 heteroatoms. The van der Waals surface area contributed by atoms with Gasteiger partial charge in [-0.2, -0.15) is 0 Å². The standard InChI is InChI=1S/C13H13N3O2/c17-8-9-6-16(7-9)13(18)12-5-14-10-3-1-2-4-11(10)15-12/h1-5,9,17H,6-8H2. The molecule has 2 aromatic rings. The van der Waals surface area contributed by atoms with Gasteiger partial charge in [0.15, 0.2) is 0 Å². The second-order valence-corrected chi connectivity index (χ2v) is 4.50. The average Bonchev–Trinajstić information content (AvgIpc) is 2.37. The van der Waals surface area contributed by atoms with Crippen molar-refractivity contribution in [1.82, 2.24) is 14.9 Å². The molecule has 1 saturated heterocycles. The minimum atomic E-state index is -0.113. The first kappa shape index (κ1) is 11.1. The van der Waals surface area contributed by atoms with E-state index >= 15 is 0 Å². The van der Waals surface area contributed by atoms with Gasteiger partial charge in [0, 0.05) is 25.6 Å². The van der Waals surface area contributed by atoms with Crippen molar-refractivity contribution in [1.29, 1.82) is 0 Å². The van der Waals surface area contributed by atoms with Gasteiger partial charge in [0.05, 0.1) is 17.2 Å². The van der Waals surface area contributed by atoms with Crippen molar-refractivity contribution in [2.24, 2.45) is 5.92 Å². The van der Waals surface area contributed by atoms with Crippen LogP contribution in [0.3, 0.4) is 0 Å². The molecule has 3 rings (SSSR count). The van der Waals surface area contributed by atoms with Crippen LogP contribution >= 0.6 is 0 Å². The maximum absolute atomic E-state index is 12.1. The smallest absolute Gasteiger partial charge is 0.274 e. The number of amides is 1. The van der Waals surface area contributed by atoms with Gasteiger partial charge in [-0.1, -0.05) is 12.1 Å². The lowest BCUT2D eigenvalue weighted by atomic mass is 10.0. The van der Waals surface area contributed by atoms with E-state index < -0.39 is 0 Å². The van der Waals surface area contributed by atoms with Gasteiger partial charge in [-0.15, -0.1) is 0 Å². The van der Waals surface area contributed by atoms with E-state index in [-0.39, 0.29) is 18.4 Å². The van der Waals surface area contributed by atoms with Crippen molar-refractivity contribution in [2.45, 2.75) is 0 Å². The number of benzene rings is 1. The third kappa shape index (κ3) is 1.82. The van der Waals surface area contributed by atoms with Crippen LogP contribution in [-0.2, 0) is 0 Å². The molecular formula is C13H13N3O2. The van der Waals surface area contributed by atoms with Crippen LogP contribution in [-0.4, -0.2) is 45.6 Å². The summed E-state index contributed by atoms with van der Waals surface area (Å²) in [5.74, 6) is 0.0975. The van der Waals surface area contributed by atoms with Crippen LogP contribution < -0.4 is 0 Å². The normalized spacial score (nSPS) is 15.7. The highest BCUT2D eigenvalue weighted by molar-refractivity contribution is 5.94. The number of carbonyl (C=O) groups is 1. The number of aliphatic hydroxyl groups excluding tert-OH is 1. The van der Waals surface area contributed by atoms with Crippen molar-refractivity contribution in [2.75, 3.05) is 19.7 Å². The van der Waals surface area contributed by atoms with Gasteiger partial charge in [0.2, 0.25) is 0 Å². The van der Waals surface area contributed by atoms with Crippen molar-refractivity contribution < 1.29 is 9.90 Å². The van der Waals surface area contributed by atoms with E-state index in [0.29, 0.717) is 18.8 Å². The molecular weight excluding hydrogens is 230 g/mol. The number of rotatable bonds is 2. The predicted molar refractivity (Wildman–Crippen MR) is 66.0 cm³/mol. The fourth-order valence-corrected chi connectivity index (χ4v) is 2.07. The summed E-state index contributed by atoms with van der Waals surface area (Å²) in [5, 5.41) is 8.93. The van der Waals surface area contributed by atoms with Crippen LogP contribution in [0.25, 0.3) is 11.0 Å². The lowest BCUT2D eigenvalue weighted by Gasteiger charge is -2.37. The van der Waals surface area contributed by atoms with Crippen LogP contribution in [0.2, 0.25) is 0 Å². The number of nitrogens with zero attached hydrogens (tertiary/aromatic N) is 3. The molecule has 0 unspecified atom stereocenters. The minimum Gasteiger partial charge on any atom is -0.396 e. The van der Waals surface area contributed by atoms with E-state index in [4.69, 9.17) is 5.11 Å². The van der Waals surface area contributed by atoms with Gasteiger partial charge < -0.3 is 10.0 Å². The lowest BCUT2D eigenvalue weighted by molar-refractivity contribution is 0.0356. The Kier molecular flexibility index (Phi) is 2.68. The number of likely N-dealkylation sites (tertiary alicyclic amines) is 1. The van der Waals surface area contributed by atoms with Gasteiger partial charge in [-0.3, -0.25) is 9.78 Å². The maximum Gasteiger partial charge on any atom is 0.274 e. The van der Waals surface area contributed by atoms with Crippen molar-refractivity contribution in [3.63, 3.8) is 0 Å². The molecule has 1 N–H and O–H groups in total. The molecule has 2 heterocycles. The quantitative estimate of drug-likeness (QED) is 0.843. The van der Waals surface area contributed by atoms with Gasteiger partial charge >= 0.3 is 0 Å². The Morgan fingerprint density at radius 1 is 1.33 bits per heavy atom. The highest BCUT2D eigenvalue weighted by Gasteiger charge is 2.31. The van der Waals surface area contributed by atoms with E-state index in [1.807, 2.05) is 24.3 Å². The zero-order valence-electron chi connectivity index (χ0n) is 9.78. The molecule has 0 radical (unpaired) electrons. The number of para-hydroxylation sites is 2. The molecule has 5 nitrogen and oxygen atoms in total. The van der Waals surface area contributed by atoms with Crippen molar-refractivity contribution >= 4 is 16.9 Å². The van der Waals surface area contributed by atoms with Gasteiger partial charge in [0.25, 0.3) is 5.91 Å². The van der Waals surface area contributed by atoms with Crippen molar-refractivity contribution in [3.05, 3.63) is 36.2 Å². The summed E-state index contributed by atoms with van der Waals surface area (Å²) in [6, 6.07) is 7.46. The molecule has 0 atom stereocenters. The molecule has 0 saturated carbocycles. The third-order valence-electron chi connectivity index (χ3n) is 3.17. The fraction of sp³-hybridized carbons (Fsp3) is 0.308. The summed E-state index contributed by atoms with van der Waals surface area (Å²) >= 11 is 0. The fourth-order valence-electron chi connectivity index (χ4n) is 2.07. The second-order valence-electron chi connectivity index (χ2n) is 4.50. The second kappa shape index (κ2) is 4.34. The SMILES string of the molecule is O=C(c1cnc2ccccc2n1)N1CC(CO)C1. The molecule has 1 fully saturated rings. The molecule has 1 aromatic heterocycles. The molecule has 0 spiro atoms. The number of carbonyl (C=O) groups excluding carboxylic acids is 1. The number of hydrogen-bond acceptors (Lipinski definition) is 4. The molecule has 0 aliphatic carbocycles. The molecule has 92 valence electrons. The zero-order chi connectivity index (χ0) is 12.5. The Labute approximate surface area is 104 Å². The van der Waals surface area contributed by atoms with Crippen LogP contribution in [0.1, 0.15) is 10.5 Å². The van der Waals surface area contributed by atoms with E-state index in [9.17, 15) is 4.79 Å². The Bertz CT molecular complexity index is 594.